The zero-order valence-electron chi connectivity index (χ0n) is 47.2. The Hall–Kier alpha value is -10.6. The van der Waals surface area contributed by atoms with Crippen molar-refractivity contribution in [3.8, 4) is 0 Å². The minimum atomic E-state index is -1.42. The van der Waals surface area contributed by atoms with E-state index in [9.17, 15) is 63.0 Å². The number of nitrogens with one attached hydrogen (secondary N) is 8. The van der Waals surface area contributed by atoms with Gasteiger partial charge in [0.15, 0.2) is 22.3 Å². The van der Waals surface area contributed by atoms with Gasteiger partial charge in [0.25, 0.3) is 34.7 Å². The molecule has 6 aromatic rings. The SMILES string of the molecule is CCN.CCNC(=O)CCOCCOCCNC(=O)CCC(NC(=O)c1ccc(NCc2cnc3nc(N)[nH]c(=O)c3n2)cc1)C(=O)O.Nc1nc2ncc(CNc3ccc(C(=O)NC(CCC(=O)ON4C(=O)CCC4=O)C(=O)O)cc3)nc2c(=O)[nH]1. The number of hydrogen-bond donors (Lipinski definition) is 13. The van der Waals surface area contributed by atoms with Crippen LogP contribution in [-0.2, 0) is 61.0 Å². The second kappa shape index (κ2) is 34.2. The maximum absolute atomic E-state index is 12.7. The average molecular weight is 1210 g/mol. The van der Waals surface area contributed by atoms with Crippen LogP contribution in [0.1, 0.15) is 90.9 Å². The first kappa shape index (κ1) is 67.2. The van der Waals surface area contributed by atoms with Crippen molar-refractivity contribution in [2.45, 2.75) is 84.0 Å². The van der Waals surface area contributed by atoms with E-state index in [1.54, 1.807) is 24.3 Å². The predicted octanol–water partition coefficient (Wildman–Crippen LogP) is -1.01. The molecule has 0 radical (unpaired) electrons. The highest BCUT2D eigenvalue weighted by atomic mass is 16.7. The number of hydrogen-bond acceptors (Lipinski definition) is 25. The normalized spacial score (nSPS) is 12.3. The van der Waals surface area contributed by atoms with Crippen LogP contribution in [0.4, 0.5) is 23.3 Å². The van der Waals surface area contributed by atoms with Crippen molar-refractivity contribution in [3.63, 3.8) is 0 Å². The van der Waals surface area contributed by atoms with Crippen molar-refractivity contribution in [2.24, 2.45) is 5.73 Å². The number of aromatic amines is 2. The number of imide groups is 1. The van der Waals surface area contributed by atoms with Gasteiger partial charge in [0, 0.05) is 61.3 Å². The van der Waals surface area contributed by atoms with E-state index in [-0.39, 0.29) is 122 Å². The average Bonchev–Trinajstić information content (AvgIpc) is 3.13. The molecule has 87 heavy (non-hydrogen) atoms. The van der Waals surface area contributed by atoms with Crippen LogP contribution in [0, 0.1) is 0 Å². The molecule has 16 N–H and O–H groups in total. The highest BCUT2D eigenvalue weighted by Crippen LogP contribution is 2.16. The molecule has 0 bridgehead atoms. The van der Waals surface area contributed by atoms with Gasteiger partial charge < -0.3 is 73.6 Å². The van der Waals surface area contributed by atoms with Gasteiger partial charge in [0.05, 0.1) is 69.7 Å². The van der Waals surface area contributed by atoms with Gasteiger partial charge in [-0.15, -0.1) is 5.06 Å². The number of aliphatic carboxylic acids is 2. The highest BCUT2D eigenvalue weighted by molar-refractivity contribution is 6.02. The van der Waals surface area contributed by atoms with Crippen LogP contribution in [0.25, 0.3) is 22.3 Å². The first-order valence-corrected chi connectivity index (χ1v) is 26.9. The number of rotatable bonds is 29. The number of H-pyrrole nitrogens is 2. The van der Waals surface area contributed by atoms with E-state index >= 15 is 0 Å². The van der Waals surface area contributed by atoms with Gasteiger partial charge >= 0.3 is 17.9 Å². The molecule has 464 valence electrons. The van der Waals surface area contributed by atoms with E-state index in [1.807, 2.05) is 13.8 Å². The maximum Gasteiger partial charge on any atom is 0.333 e. The first-order chi connectivity index (χ1) is 41.7. The molecule has 0 spiro atoms. The zero-order valence-corrected chi connectivity index (χ0v) is 47.2. The Morgan fingerprint density at radius 2 is 1.05 bits per heavy atom. The Bertz CT molecular complexity index is 3500. The number of nitrogen functional groups attached to an aromatic ring is 2. The summed E-state index contributed by atoms with van der Waals surface area (Å²) in [6.07, 6.45) is 2.03. The lowest BCUT2D eigenvalue weighted by atomic mass is 10.1. The summed E-state index contributed by atoms with van der Waals surface area (Å²) in [5.74, 6) is -6.82. The second-order valence-electron chi connectivity index (χ2n) is 18.4. The van der Waals surface area contributed by atoms with E-state index in [2.05, 4.69) is 71.8 Å². The topological polar surface area (TPSA) is 518 Å². The van der Waals surface area contributed by atoms with Crippen LogP contribution >= 0.6 is 0 Å². The lowest BCUT2D eigenvalue weighted by Crippen LogP contribution is -2.41. The van der Waals surface area contributed by atoms with Crippen LogP contribution in [0.2, 0.25) is 0 Å². The standard InChI is InChI=1S/C28H37N9O8.C23H22N8O8.C2H7N/c1-2-30-22(39)9-11-44-13-14-45-12-10-31-21(38)8-7-20(27(42)43)35-25(40)17-3-5-18(6-4-17)32-15-19-16-33-24-23(34-19)26(41)37-28(29)36-24;24-23-29-19-18(21(36)30-23)27-13(10-26-19)9-25-12-3-1-11(2-4-12)20(35)28-14(22(37)38)5-8-17(34)39-31-15(32)6-7-16(31)33;1-2-3/h3-6,16,20,32H,2,7-15H2,1H3,(H,30,39)(H,31,38)(H,35,40)(H,42,43)(H3,29,33,36,37,41);1-4,10,14,25H,5-9H2,(H,28,35)(H,37,38)(H3,24,26,29,30,36);2-3H2,1H3. The Balaban J connectivity index is 0.000000306. The minimum Gasteiger partial charge on any atom is -0.480 e. The fourth-order valence-electron chi connectivity index (χ4n) is 7.44. The van der Waals surface area contributed by atoms with Gasteiger partial charge in [-0.05, 0) is 74.8 Å². The number of carbonyl (C=O) groups is 9. The number of fused-ring (bicyclic) bond motifs is 2. The van der Waals surface area contributed by atoms with Crippen LogP contribution < -0.4 is 60.2 Å². The van der Waals surface area contributed by atoms with Crippen molar-refractivity contribution in [2.75, 3.05) is 68.2 Å². The molecule has 5 heterocycles. The molecule has 1 aliphatic heterocycles. The number of aromatic nitrogens is 8. The molecule has 2 aromatic carbocycles. The molecular formula is C53H66N18O16. The Morgan fingerprint density at radius 3 is 1.49 bits per heavy atom. The number of nitrogens with two attached hydrogens (primary N) is 3. The lowest BCUT2D eigenvalue weighted by molar-refractivity contribution is -0.197. The maximum atomic E-state index is 12.7. The highest BCUT2D eigenvalue weighted by Gasteiger charge is 2.33. The summed E-state index contributed by atoms with van der Waals surface area (Å²) in [6.45, 7) is 6.84. The van der Waals surface area contributed by atoms with Gasteiger partial charge in [-0.2, -0.15) is 9.97 Å². The lowest BCUT2D eigenvalue weighted by Gasteiger charge is -2.16. The van der Waals surface area contributed by atoms with Crippen molar-refractivity contribution in [1.82, 2.24) is 66.2 Å². The van der Waals surface area contributed by atoms with Crippen molar-refractivity contribution in [1.29, 1.82) is 0 Å². The van der Waals surface area contributed by atoms with Gasteiger partial charge in [0.1, 0.15) is 12.1 Å². The number of hydroxylamine groups is 2. The van der Waals surface area contributed by atoms with E-state index in [4.69, 9.17) is 31.5 Å². The largest absolute Gasteiger partial charge is 0.480 e. The van der Waals surface area contributed by atoms with E-state index < -0.39 is 71.2 Å². The van der Waals surface area contributed by atoms with Crippen LogP contribution in [-0.4, -0.2) is 167 Å². The molecule has 1 saturated heterocycles. The molecule has 0 aliphatic carbocycles. The monoisotopic (exact) mass is 1210 g/mol. The molecule has 34 nitrogen and oxygen atoms in total. The second-order valence-corrected chi connectivity index (χ2v) is 18.4. The number of anilines is 4. The Kier molecular flexibility index (Phi) is 26.4. The third kappa shape index (κ3) is 22.2. The molecule has 6 amide bonds. The molecule has 1 aliphatic rings. The molecular weight excluding hydrogens is 1140 g/mol. The van der Waals surface area contributed by atoms with E-state index in [0.717, 1.165) is 6.54 Å². The molecule has 2 unspecified atom stereocenters. The summed E-state index contributed by atoms with van der Waals surface area (Å²) in [5, 5.41) is 35.6. The fraction of sp³-hybridized carbons (Fsp3) is 0.377. The number of benzene rings is 2. The summed E-state index contributed by atoms with van der Waals surface area (Å²) < 4.78 is 10.6. The molecule has 7 rings (SSSR count). The molecule has 4 aromatic heterocycles. The van der Waals surface area contributed by atoms with Crippen LogP contribution in [0.15, 0.2) is 70.5 Å². The van der Waals surface area contributed by atoms with E-state index in [1.165, 1.54) is 36.7 Å². The van der Waals surface area contributed by atoms with Gasteiger partial charge in [-0.1, -0.05) is 6.92 Å². The summed E-state index contributed by atoms with van der Waals surface area (Å²) in [7, 11) is 0. The summed E-state index contributed by atoms with van der Waals surface area (Å²) >= 11 is 0. The Labute approximate surface area is 493 Å². The van der Waals surface area contributed by atoms with E-state index in [0.29, 0.717) is 54.2 Å². The quantitative estimate of drug-likeness (QED) is 0.0198. The third-order valence-corrected chi connectivity index (χ3v) is 11.7. The van der Waals surface area contributed by atoms with Gasteiger partial charge in [-0.3, -0.25) is 48.3 Å². The zero-order chi connectivity index (χ0) is 63.4. The number of carboxylic acids is 2. The smallest absolute Gasteiger partial charge is 0.333 e. The molecule has 1 fully saturated rings. The number of carbonyl (C=O) groups excluding carboxylic acids is 7. The van der Waals surface area contributed by atoms with Crippen molar-refractivity contribution in [3.05, 3.63) is 104 Å². The van der Waals surface area contributed by atoms with Crippen molar-refractivity contribution >= 4 is 99.0 Å². The fourth-order valence-corrected chi connectivity index (χ4v) is 7.44. The number of carboxylic acid groups (broad SMARTS) is 2. The Morgan fingerprint density at radius 1 is 0.609 bits per heavy atom. The molecule has 2 atom stereocenters. The number of amides is 6. The van der Waals surface area contributed by atoms with Gasteiger partial charge in [-0.25, -0.2) is 34.3 Å². The minimum absolute atomic E-state index is 0.0368. The third-order valence-electron chi connectivity index (χ3n) is 11.7. The van der Waals surface area contributed by atoms with Gasteiger partial charge in [0.2, 0.25) is 23.7 Å². The summed E-state index contributed by atoms with van der Waals surface area (Å²) in [5.41, 5.74) is 17.7. The predicted molar refractivity (Wildman–Crippen MR) is 308 cm³/mol. The van der Waals surface area contributed by atoms with Crippen molar-refractivity contribution < 1.29 is 67.7 Å². The number of nitrogens with zero attached hydrogens (tertiary/aromatic N) is 7. The molecule has 0 saturated carbocycles. The first-order valence-electron chi connectivity index (χ1n) is 26.9. The molecule has 34 heteroatoms. The summed E-state index contributed by atoms with van der Waals surface area (Å²) in [6, 6.07) is 9.66. The van der Waals surface area contributed by atoms with Crippen LogP contribution in [0.5, 0.6) is 0 Å². The number of ether oxygens (including phenoxy) is 2. The summed E-state index contributed by atoms with van der Waals surface area (Å²) in [4.78, 5) is 165. The van der Waals surface area contributed by atoms with Crippen LogP contribution in [0.3, 0.4) is 0 Å².